The van der Waals surface area contributed by atoms with Crippen molar-refractivity contribution in [1.82, 2.24) is 15.1 Å². The van der Waals surface area contributed by atoms with Crippen LogP contribution in [0.15, 0.2) is 24.3 Å². The van der Waals surface area contributed by atoms with Gasteiger partial charge < -0.3 is 15.5 Å². The van der Waals surface area contributed by atoms with Crippen molar-refractivity contribution in [3.8, 4) is 0 Å². The van der Waals surface area contributed by atoms with E-state index in [2.05, 4.69) is 15.5 Å². The Kier molecular flexibility index (Phi) is 6.18. The topological polar surface area (TPSA) is 64.7 Å². The molecule has 1 aliphatic rings. The molecule has 0 aliphatic carbocycles. The molecular formula is C15H21ClN4O2. The predicted molar refractivity (Wildman–Crippen MR) is 87.0 cm³/mol. The Morgan fingerprint density at radius 1 is 1.14 bits per heavy atom. The Balaban J connectivity index is 1.74. The lowest BCUT2D eigenvalue weighted by Gasteiger charge is -2.34. The van der Waals surface area contributed by atoms with E-state index >= 15 is 0 Å². The van der Waals surface area contributed by atoms with E-state index in [-0.39, 0.29) is 11.8 Å². The van der Waals surface area contributed by atoms with Gasteiger partial charge in [-0.3, -0.25) is 14.5 Å². The number of carbonyl (C=O) groups excluding carboxylic acids is 2. The van der Waals surface area contributed by atoms with Crippen LogP contribution in [0.3, 0.4) is 0 Å². The molecule has 2 amide bonds. The van der Waals surface area contributed by atoms with Gasteiger partial charge >= 0.3 is 0 Å². The molecule has 1 saturated heterocycles. The van der Waals surface area contributed by atoms with E-state index in [1.54, 1.807) is 31.3 Å². The van der Waals surface area contributed by atoms with Crippen LogP contribution in [0.2, 0.25) is 5.02 Å². The molecule has 1 aliphatic heterocycles. The van der Waals surface area contributed by atoms with E-state index in [1.807, 2.05) is 4.90 Å². The molecule has 0 unspecified atom stereocenters. The zero-order chi connectivity index (χ0) is 15.9. The lowest BCUT2D eigenvalue weighted by Crippen LogP contribution is -2.51. The van der Waals surface area contributed by atoms with Gasteiger partial charge in [0.2, 0.25) is 11.8 Å². The van der Waals surface area contributed by atoms with Gasteiger partial charge in [0, 0.05) is 36.9 Å². The quantitative estimate of drug-likeness (QED) is 0.834. The SMILES string of the molecule is CNCC(=O)N1CCN(CC(=O)Nc2ccc(Cl)cc2)CC1. The molecule has 1 aromatic rings. The highest BCUT2D eigenvalue weighted by Gasteiger charge is 2.21. The van der Waals surface area contributed by atoms with E-state index in [0.717, 1.165) is 5.69 Å². The Labute approximate surface area is 135 Å². The number of benzene rings is 1. The fourth-order valence-electron chi connectivity index (χ4n) is 2.36. The molecular weight excluding hydrogens is 304 g/mol. The predicted octanol–water partition coefficient (Wildman–Crippen LogP) is 0.642. The summed E-state index contributed by atoms with van der Waals surface area (Å²) in [5.74, 6) is 0.0464. The normalized spacial score (nSPS) is 15.6. The number of nitrogens with one attached hydrogen (secondary N) is 2. The van der Waals surface area contributed by atoms with Gasteiger partial charge in [-0.2, -0.15) is 0 Å². The number of hydrogen-bond donors (Lipinski definition) is 2. The lowest BCUT2D eigenvalue weighted by molar-refractivity contribution is -0.132. The summed E-state index contributed by atoms with van der Waals surface area (Å²) in [5, 5.41) is 6.34. The maximum atomic E-state index is 12.0. The number of likely N-dealkylation sites (N-methyl/N-ethyl adjacent to an activating group) is 1. The number of nitrogens with zero attached hydrogens (tertiary/aromatic N) is 2. The van der Waals surface area contributed by atoms with Gasteiger partial charge in [0.25, 0.3) is 0 Å². The van der Waals surface area contributed by atoms with Crippen LogP contribution in [0.1, 0.15) is 0 Å². The summed E-state index contributed by atoms with van der Waals surface area (Å²) >= 11 is 5.81. The van der Waals surface area contributed by atoms with Gasteiger partial charge in [-0.1, -0.05) is 11.6 Å². The van der Waals surface area contributed by atoms with Crippen LogP contribution >= 0.6 is 11.6 Å². The minimum absolute atomic E-state index is 0.0580. The highest BCUT2D eigenvalue weighted by Crippen LogP contribution is 2.13. The molecule has 1 heterocycles. The summed E-state index contributed by atoms with van der Waals surface area (Å²) in [4.78, 5) is 27.6. The third-order valence-electron chi connectivity index (χ3n) is 3.55. The third kappa shape index (κ3) is 4.98. The van der Waals surface area contributed by atoms with Crippen LogP contribution in [0.5, 0.6) is 0 Å². The number of amides is 2. The molecule has 2 N–H and O–H groups in total. The highest BCUT2D eigenvalue weighted by atomic mass is 35.5. The summed E-state index contributed by atoms with van der Waals surface area (Å²) in [6.07, 6.45) is 0. The highest BCUT2D eigenvalue weighted by molar-refractivity contribution is 6.30. The van der Waals surface area contributed by atoms with Crippen LogP contribution < -0.4 is 10.6 Å². The molecule has 22 heavy (non-hydrogen) atoms. The Morgan fingerprint density at radius 2 is 1.77 bits per heavy atom. The Hall–Kier alpha value is -1.63. The summed E-state index contributed by atoms with van der Waals surface area (Å²) < 4.78 is 0. The first kappa shape index (κ1) is 16.7. The van der Waals surface area contributed by atoms with Crippen LogP contribution in [0.4, 0.5) is 5.69 Å². The van der Waals surface area contributed by atoms with Gasteiger partial charge in [-0.15, -0.1) is 0 Å². The average molecular weight is 325 g/mol. The number of halogens is 1. The van der Waals surface area contributed by atoms with Crippen molar-refractivity contribution in [3.63, 3.8) is 0 Å². The second-order valence-electron chi connectivity index (χ2n) is 5.24. The Bertz CT molecular complexity index is 513. The van der Waals surface area contributed by atoms with Crippen LogP contribution in [0, 0.1) is 0 Å². The first-order valence-corrected chi connectivity index (χ1v) is 7.66. The third-order valence-corrected chi connectivity index (χ3v) is 3.80. The van der Waals surface area contributed by atoms with E-state index in [1.165, 1.54) is 0 Å². The maximum Gasteiger partial charge on any atom is 0.238 e. The van der Waals surface area contributed by atoms with Gasteiger partial charge in [-0.05, 0) is 31.3 Å². The zero-order valence-electron chi connectivity index (χ0n) is 12.6. The molecule has 120 valence electrons. The average Bonchev–Trinajstić information content (AvgIpc) is 2.50. The van der Waals surface area contributed by atoms with Gasteiger partial charge in [0.15, 0.2) is 0 Å². The van der Waals surface area contributed by atoms with E-state index < -0.39 is 0 Å². The summed E-state index contributed by atoms with van der Waals surface area (Å²) in [6.45, 7) is 3.43. The molecule has 0 atom stereocenters. The first-order valence-electron chi connectivity index (χ1n) is 7.28. The fraction of sp³-hybridized carbons (Fsp3) is 0.467. The summed E-state index contributed by atoms with van der Waals surface area (Å²) in [6, 6.07) is 7.02. The number of rotatable bonds is 5. The van der Waals surface area contributed by atoms with Crippen molar-refractivity contribution in [2.75, 3.05) is 51.6 Å². The molecule has 0 saturated carbocycles. The van der Waals surface area contributed by atoms with Crippen molar-refractivity contribution in [3.05, 3.63) is 29.3 Å². The van der Waals surface area contributed by atoms with Crippen LogP contribution in [0.25, 0.3) is 0 Å². The van der Waals surface area contributed by atoms with E-state index in [9.17, 15) is 9.59 Å². The molecule has 1 aromatic carbocycles. The summed E-state index contributed by atoms with van der Waals surface area (Å²) in [5.41, 5.74) is 0.734. The lowest BCUT2D eigenvalue weighted by atomic mass is 10.3. The smallest absolute Gasteiger partial charge is 0.238 e. The molecule has 7 heteroatoms. The molecule has 6 nitrogen and oxygen atoms in total. The van der Waals surface area contributed by atoms with Crippen molar-refractivity contribution in [2.45, 2.75) is 0 Å². The van der Waals surface area contributed by atoms with Crippen molar-refractivity contribution in [2.24, 2.45) is 0 Å². The van der Waals surface area contributed by atoms with Crippen molar-refractivity contribution < 1.29 is 9.59 Å². The second kappa shape index (κ2) is 8.12. The largest absolute Gasteiger partial charge is 0.339 e. The fourth-order valence-corrected chi connectivity index (χ4v) is 2.48. The van der Waals surface area contributed by atoms with Gasteiger partial charge in [0.05, 0.1) is 13.1 Å². The molecule has 0 radical (unpaired) electrons. The number of hydrogen-bond acceptors (Lipinski definition) is 4. The van der Waals surface area contributed by atoms with Crippen molar-refractivity contribution in [1.29, 1.82) is 0 Å². The van der Waals surface area contributed by atoms with E-state index in [0.29, 0.717) is 44.3 Å². The molecule has 1 fully saturated rings. The minimum Gasteiger partial charge on any atom is -0.339 e. The van der Waals surface area contributed by atoms with Crippen LogP contribution in [-0.4, -0.2) is 67.9 Å². The van der Waals surface area contributed by atoms with Gasteiger partial charge in [-0.25, -0.2) is 0 Å². The minimum atomic E-state index is -0.0580. The molecule has 0 aromatic heterocycles. The second-order valence-corrected chi connectivity index (χ2v) is 5.68. The maximum absolute atomic E-state index is 12.0. The molecule has 0 spiro atoms. The molecule has 2 rings (SSSR count). The zero-order valence-corrected chi connectivity index (χ0v) is 13.4. The van der Waals surface area contributed by atoms with Crippen molar-refractivity contribution >= 4 is 29.1 Å². The van der Waals surface area contributed by atoms with Crippen LogP contribution in [-0.2, 0) is 9.59 Å². The number of anilines is 1. The standard InChI is InChI=1S/C15H21ClN4O2/c1-17-10-15(22)20-8-6-19(7-9-20)11-14(21)18-13-4-2-12(16)3-5-13/h2-5,17H,6-11H2,1H3,(H,18,21). The summed E-state index contributed by atoms with van der Waals surface area (Å²) in [7, 11) is 1.76. The molecule has 0 bridgehead atoms. The number of carbonyl (C=O) groups is 2. The number of piperazine rings is 1. The first-order chi connectivity index (χ1) is 10.6. The Morgan fingerprint density at radius 3 is 2.36 bits per heavy atom. The van der Waals surface area contributed by atoms with E-state index in [4.69, 9.17) is 11.6 Å². The monoisotopic (exact) mass is 324 g/mol. The van der Waals surface area contributed by atoms with Gasteiger partial charge in [0.1, 0.15) is 0 Å².